The molecule has 2 aromatic rings. The molecule has 9 heteroatoms. The predicted octanol–water partition coefficient (Wildman–Crippen LogP) is 3.31. The van der Waals surface area contributed by atoms with Gasteiger partial charge in [-0.25, -0.2) is 0 Å². The lowest BCUT2D eigenvalue weighted by Crippen LogP contribution is -2.44. The third kappa shape index (κ3) is 4.09. The van der Waals surface area contributed by atoms with Crippen molar-refractivity contribution in [3.63, 3.8) is 0 Å². The second kappa shape index (κ2) is 7.38. The monoisotopic (exact) mass is 380 g/mol. The van der Waals surface area contributed by atoms with Crippen LogP contribution in [0.5, 0.6) is 0 Å². The van der Waals surface area contributed by atoms with Crippen LogP contribution in [0.2, 0.25) is 4.34 Å². The number of likely N-dealkylation sites (N-methyl/N-ethyl adjacent to an activating group) is 1. The van der Waals surface area contributed by atoms with Crippen LogP contribution in [0.3, 0.4) is 0 Å². The Morgan fingerprint density at radius 3 is 2.44 bits per heavy atom. The molecule has 0 atom stereocenters. The lowest BCUT2D eigenvalue weighted by atomic mass is 10.2. The third-order valence-corrected chi connectivity index (χ3v) is 5.42. The van der Waals surface area contributed by atoms with Crippen LogP contribution < -0.4 is 10.2 Å². The van der Waals surface area contributed by atoms with Crippen LogP contribution in [0.1, 0.15) is 9.67 Å². The number of hydrogen-bond acceptors (Lipinski definition) is 6. The molecule has 7 nitrogen and oxygen atoms in total. The number of nitrogens with one attached hydrogen (secondary N) is 1. The fourth-order valence-corrected chi connectivity index (χ4v) is 3.73. The molecule has 132 valence electrons. The Kier molecular flexibility index (Phi) is 5.22. The van der Waals surface area contributed by atoms with Crippen molar-refractivity contribution in [1.82, 2.24) is 4.90 Å². The van der Waals surface area contributed by atoms with Gasteiger partial charge in [0.1, 0.15) is 4.88 Å². The normalized spacial score (nSPS) is 15.2. The maximum Gasteiger partial charge on any atom is 0.299 e. The predicted molar refractivity (Wildman–Crippen MR) is 100 cm³/mol. The molecule has 1 saturated heterocycles. The van der Waals surface area contributed by atoms with Gasteiger partial charge in [-0.15, -0.1) is 11.3 Å². The molecular formula is C16H17ClN4O3S. The first-order valence-corrected chi connectivity index (χ1v) is 8.92. The zero-order chi connectivity index (χ0) is 18.0. The Morgan fingerprint density at radius 2 is 1.88 bits per heavy atom. The molecule has 1 aliphatic heterocycles. The number of carbonyl (C=O) groups is 1. The molecule has 1 fully saturated rings. The van der Waals surface area contributed by atoms with Crippen molar-refractivity contribution in [2.24, 2.45) is 0 Å². The lowest BCUT2D eigenvalue weighted by Gasteiger charge is -2.34. The summed E-state index contributed by atoms with van der Waals surface area (Å²) in [6.45, 7) is 3.99. The summed E-state index contributed by atoms with van der Waals surface area (Å²) < 4.78 is 0.000523. The Labute approximate surface area is 153 Å². The fourth-order valence-electron chi connectivity index (χ4n) is 2.61. The van der Waals surface area contributed by atoms with E-state index in [2.05, 4.69) is 22.2 Å². The number of halogens is 1. The zero-order valence-electron chi connectivity index (χ0n) is 13.6. The van der Waals surface area contributed by atoms with Gasteiger partial charge in [-0.2, -0.15) is 0 Å². The molecule has 0 radical (unpaired) electrons. The number of piperazine rings is 1. The van der Waals surface area contributed by atoms with Crippen LogP contribution in [-0.2, 0) is 0 Å². The van der Waals surface area contributed by atoms with Gasteiger partial charge in [0.25, 0.3) is 11.6 Å². The van der Waals surface area contributed by atoms with Crippen LogP contribution in [-0.4, -0.2) is 49.0 Å². The highest BCUT2D eigenvalue weighted by Crippen LogP contribution is 2.34. The van der Waals surface area contributed by atoms with Crippen molar-refractivity contribution in [3.8, 4) is 0 Å². The first-order valence-electron chi connectivity index (χ1n) is 7.72. The standard InChI is InChI=1S/C16H17ClN4O3S/c1-19-6-8-20(9-7-19)12-4-2-11(3-5-12)18-16(22)14-10-13(21(23)24)15(17)25-14/h2-5,10H,6-9H2,1H3,(H,18,22). The van der Waals surface area contributed by atoms with E-state index < -0.39 is 10.8 Å². The van der Waals surface area contributed by atoms with Gasteiger partial charge in [0, 0.05) is 43.6 Å². The average molecular weight is 381 g/mol. The van der Waals surface area contributed by atoms with E-state index in [1.54, 1.807) is 0 Å². The first-order chi connectivity index (χ1) is 11.9. The van der Waals surface area contributed by atoms with Gasteiger partial charge in [-0.3, -0.25) is 14.9 Å². The number of anilines is 2. The molecule has 0 bridgehead atoms. The minimum atomic E-state index is -0.597. The summed E-state index contributed by atoms with van der Waals surface area (Å²) in [5.41, 5.74) is 1.50. The Hall–Kier alpha value is -2.16. The number of benzene rings is 1. The first kappa shape index (κ1) is 17.7. The van der Waals surface area contributed by atoms with E-state index in [0.29, 0.717) is 5.69 Å². The molecule has 0 unspecified atom stereocenters. The minimum absolute atomic E-state index is 0.000523. The van der Waals surface area contributed by atoms with E-state index in [1.807, 2.05) is 24.3 Å². The molecule has 1 N–H and O–H groups in total. The van der Waals surface area contributed by atoms with E-state index in [0.717, 1.165) is 43.2 Å². The van der Waals surface area contributed by atoms with Crippen LogP contribution in [0.4, 0.5) is 17.1 Å². The maximum atomic E-state index is 12.2. The number of amides is 1. The van der Waals surface area contributed by atoms with Gasteiger partial charge in [-0.05, 0) is 31.3 Å². The van der Waals surface area contributed by atoms with Gasteiger partial charge in [0.2, 0.25) is 0 Å². The highest BCUT2D eigenvalue weighted by atomic mass is 35.5. The van der Waals surface area contributed by atoms with Gasteiger partial charge >= 0.3 is 0 Å². The molecule has 3 rings (SSSR count). The Morgan fingerprint density at radius 1 is 1.24 bits per heavy atom. The molecule has 25 heavy (non-hydrogen) atoms. The van der Waals surface area contributed by atoms with E-state index in [-0.39, 0.29) is 14.9 Å². The van der Waals surface area contributed by atoms with Crippen molar-refractivity contribution in [1.29, 1.82) is 0 Å². The summed E-state index contributed by atoms with van der Waals surface area (Å²) in [6, 6.07) is 8.78. The molecule has 2 heterocycles. The van der Waals surface area contributed by atoms with E-state index in [1.165, 1.54) is 6.07 Å². The highest BCUT2D eigenvalue weighted by molar-refractivity contribution is 7.18. The topological polar surface area (TPSA) is 78.7 Å². The van der Waals surface area contributed by atoms with Crippen molar-refractivity contribution in [2.75, 3.05) is 43.4 Å². The largest absolute Gasteiger partial charge is 0.369 e. The summed E-state index contributed by atoms with van der Waals surface area (Å²) in [7, 11) is 2.11. The van der Waals surface area contributed by atoms with Gasteiger partial charge in [0.05, 0.1) is 4.92 Å². The fraction of sp³-hybridized carbons (Fsp3) is 0.312. The van der Waals surface area contributed by atoms with E-state index >= 15 is 0 Å². The molecule has 0 saturated carbocycles. The highest BCUT2D eigenvalue weighted by Gasteiger charge is 2.21. The molecule has 0 spiro atoms. The quantitative estimate of drug-likeness (QED) is 0.650. The molecule has 1 aromatic heterocycles. The summed E-state index contributed by atoms with van der Waals surface area (Å²) in [4.78, 5) is 27.2. The van der Waals surface area contributed by atoms with Crippen molar-refractivity contribution >= 4 is 45.9 Å². The van der Waals surface area contributed by atoms with Crippen LogP contribution in [0.15, 0.2) is 30.3 Å². The molecule has 1 amide bonds. The number of hydrogen-bond donors (Lipinski definition) is 1. The van der Waals surface area contributed by atoms with Crippen molar-refractivity contribution < 1.29 is 9.72 Å². The maximum absolute atomic E-state index is 12.2. The Bertz CT molecular complexity index is 785. The van der Waals surface area contributed by atoms with Crippen molar-refractivity contribution in [2.45, 2.75) is 0 Å². The molecular weight excluding hydrogens is 364 g/mol. The number of nitro groups is 1. The Balaban J connectivity index is 1.66. The van der Waals surface area contributed by atoms with Gasteiger partial charge < -0.3 is 15.1 Å². The molecule has 1 aromatic carbocycles. The third-order valence-electron chi connectivity index (χ3n) is 4.08. The van der Waals surface area contributed by atoms with E-state index in [9.17, 15) is 14.9 Å². The number of carbonyl (C=O) groups excluding carboxylic acids is 1. The smallest absolute Gasteiger partial charge is 0.299 e. The van der Waals surface area contributed by atoms with Crippen LogP contribution >= 0.6 is 22.9 Å². The number of rotatable bonds is 4. The molecule has 1 aliphatic rings. The number of nitrogens with zero attached hydrogens (tertiary/aromatic N) is 3. The molecule has 0 aliphatic carbocycles. The summed E-state index contributed by atoms with van der Waals surface area (Å²) in [5.74, 6) is -0.410. The van der Waals surface area contributed by atoms with Crippen LogP contribution in [0.25, 0.3) is 0 Å². The van der Waals surface area contributed by atoms with Crippen LogP contribution in [0, 0.1) is 10.1 Å². The summed E-state index contributed by atoms with van der Waals surface area (Å²) >= 11 is 6.69. The van der Waals surface area contributed by atoms with E-state index in [4.69, 9.17) is 11.6 Å². The lowest BCUT2D eigenvalue weighted by molar-refractivity contribution is -0.384. The van der Waals surface area contributed by atoms with Gasteiger partial charge in [-0.1, -0.05) is 11.6 Å². The summed E-state index contributed by atoms with van der Waals surface area (Å²) in [6.07, 6.45) is 0. The second-order valence-corrected chi connectivity index (χ2v) is 7.47. The average Bonchev–Trinajstić information content (AvgIpc) is 2.99. The van der Waals surface area contributed by atoms with Gasteiger partial charge in [0.15, 0.2) is 4.34 Å². The summed E-state index contributed by atoms with van der Waals surface area (Å²) in [5, 5.41) is 13.6. The SMILES string of the molecule is CN1CCN(c2ccc(NC(=O)c3cc([N+](=O)[O-])c(Cl)s3)cc2)CC1. The number of thiophene rings is 1. The second-order valence-electron chi connectivity index (χ2n) is 5.82. The minimum Gasteiger partial charge on any atom is -0.369 e. The zero-order valence-corrected chi connectivity index (χ0v) is 15.1. The van der Waals surface area contributed by atoms with Crippen molar-refractivity contribution in [3.05, 3.63) is 49.7 Å².